The monoisotopic (exact) mass is 295 g/mol. The van der Waals surface area contributed by atoms with Crippen LogP contribution in [0.1, 0.15) is 29.3 Å². The highest BCUT2D eigenvalue weighted by Crippen LogP contribution is 2.25. The van der Waals surface area contributed by atoms with E-state index >= 15 is 0 Å². The van der Waals surface area contributed by atoms with Crippen LogP contribution in [-0.2, 0) is 6.42 Å². The van der Waals surface area contributed by atoms with Gasteiger partial charge < -0.3 is 5.32 Å². The van der Waals surface area contributed by atoms with Crippen LogP contribution in [0.4, 0.5) is 0 Å². The van der Waals surface area contributed by atoms with Crippen molar-refractivity contribution in [1.29, 1.82) is 0 Å². The van der Waals surface area contributed by atoms with Gasteiger partial charge in [-0.25, -0.2) is 0 Å². The van der Waals surface area contributed by atoms with Gasteiger partial charge in [-0.3, -0.25) is 9.88 Å². The molecular weight excluding hydrogens is 270 g/mol. The van der Waals surface area contributed by atoms with Gasteiger partial charge in [-0.05, 0) is 37.6 Å². The lowest BCUT2D eigenvalue weighted by Crippen LogP contribution is -2.33. The van der Waals surface area contributed by atoms with E-state index in [0.29, 0.717) is 6.04 Å². The Bertz CT molecular complexity index is 557. The molecule has 0 radical (unpaired) electrons. The van der Waals surface area contributed by atoms with E-state index in [-0.39, 0.29) is 0 Å². The number of hydrogen-bond acceptors (Lipinski definition) is 3. The maximum Gasteiger partial charge on any atom is 0.0422 e. The summed E-state index contributed by atoms with van der Waals surface area (Å²) < 4.78 is 0. The predicted octanol–water partition coefficient (Wildman–Crippen LogP) is 2.97. The van der Waals surface area contributed by atoms with E-state index in [1.165, 1.54) is 23.2 Å². The quantitative estimate of drug-likeness (QED) is 0.940. The summed E-state index contributed by atoms with van der Waals surface area (Å²) in [6.45, 7) is 6.60. The van der Waals surface area contributed by atoms with Crippen molar-refractivity contribution < 1.29 is 0 Å². The molecule has 0 aliphatic carbocycles. The van der Waals surface area contributed by atoms with Crippen molar-refractivity contribution in [3.05, 3.63) is 65.5 Å². The number of nitrogens with zero attached hydrogens (tertiary/aromatic N) is 2. The molecule has 1 fully saturated rings. The van der Waals surface area contributed by atoms with E-state index < -0.39 is 0 Å². The molecule has 0 amide bonds. The van der Waals surface area contributed by atoms with Gasteiger partial charge in [0.25, 0.3) is 0 Å². The van der Waals surface area contributed by atoms with Crippen molar-refractivity contribution in [2.75, 3.05) is 26.2 Å². The van der Waals surface area contributed by atoms with Crippen LogP contribution in [0.5, 0.6) is 0 Å². The second-order valence-corrected chi connectivity index (χ2v) is 6.09. The molecule has 0 bridgehead atoms. The molecule has 0 saturated carbocycles. The van der Waals surface area contributed by atoms with E-state index in [4.69, 9.17) is 0 Å². The molecule has 1 atom stereocenters. The van der Waals surface area contributed by atoms with Gasteiger partial charge in [0.05, 0.1) is 0 Å². The van der Waals surface area contributed by atoms with Gasteiger partial charge in [-0.1, -0.05) is 35.9 Å². The Hall–Kier alpha value is -1.71. The van der Waals surface area contributed by atoms with Crippen LogP contribution in [0.3, 0.4) is 0 Å². The zero-order valence-corrected chi connectivity index (χ0v) is 13.3. The molecule has 3 nitrogen and oxygen atoms in total. The molecular formula is C19H25N3. The number of rotatable bonds is 4. The van der Waals surface area contributed by atoms with Gasteiger partial charge in [-0.15, -0.1) is 0 Å². The molecule has 1 unspecified atom stereocenters. The van der Waals surface area contributed by atoms with Crippen LogP contribution in [0.25, 0.3) is 0 Å². The van der Waals surface area contributed by atoms with E-state index in [2.05, 4.69) is 58.5 Å². The summed E-state index contributed by atoms with van der Waals surface area (Å²) in [7, 11) is 0. The van der Waals surface area contributed by atoms with Crippen molar-refractivity contribution in [3.8, 4) is 0 Å². The Morgan fingerprint density at radius 1 is 1.09 bits per heavy atom. The lowest BCUT2D eigenvalue weighted by atomic mass is 9.98. The number of aromatic nitrogens is 1. The maximum atomic E-state index is 4.54. The molecule has 3 rings (SSSR count). The molecule has 0 spiro atoms. The Labute approximate surface area is 133 Å². The largest absolute Gasteiger partial charge is 0.315 e. The molecule has 1 aliphatic rings. The van der Waals surface area contributed by atoms with Gasteiger partial charge in [0.15, 0.2) is 0 Å². The summed E-state index contributed by atoms with van der Waals surface area (Å²) in [6, 6.07) is 15.6. The van der Waals surface area contributed by atoms with Gasteiger partial charge in [0, 0.05) is 44.0 Å². The van der Waals surface area contributed by atoms with E-state index in [1.54, 1.807) is 0 Å². The molecule has 3 heteroatoms. The van der Waals surface area contributed by atoms with Crippen molar-refractivity contribution in [3.63, 3.8) is 0 Å². The van der Waals surface area contributed by atoms with Crippen molar-refractivity contribution >= 4 is 0 Å². The second kappa shape index (κ2) is 7.52. The summed E-state index contributed by atoms with van der Waals surface area (Å²) >= 11 is 0. The van der Waals surface area contributed by atoms with Gasteiger partial charge in [0.2, 0.25) is 0 Å². The highest BCUT2D eigenvalue weighted by atomic mass is 15.2. The van der Waals surface area contributed by atoms with Gasteiger partial charge in [0.1, 0.15) is 0 Å². The third-order valence-corrected chi connectivity index (χ3v) is 4.41. The van der Waals surface area contributed by atoms with Crippen LogP contribution in [0.2, 0.25) is 0 Å². The van der Waals surface area contributed by atoms with Crippen molar-refractivity contribution in [2.45, 2.75) is 25.8 Å². The number of benzene rings is 1. The summed E-state index contributed by atoms with van der Waals surface area (Å²) in [5.41, 5.74) is 3.89. The fourth-order valence-corrected chi connectivity index (χ4v) is 3.14. The molecule has 1 aromatic carbocycles. The van der Waals surface area contributed by atoms with Crippen LogP contribution >= 0.6 is 0 Å². The number of aryl methyl sites for hydroxylation is 1. The summed E-state index contributed by atoms with van der Waals surface area (Å²) in [4.78, 5) is 7.15. The standard InChI is InChI=1S/C19H25N3/c1-16-6-8-17(9-7-16)19(15-18-5-2-3-11-21-18)22-13-4-10-20-12-14-22/h2-3,5-9,11,19-20H,4,10,12-15H2,1H3. The minimum atomic E-state index is 0.412. The molecule has 1 N–H and O–H groups in total. The van der Waals surface area contributed by atoms with Crippen LogP contribution in [0.15, 0.2) is 48.7 Å². The topological polar surface area (TPSA) is 28.2 Å². The Balaban J connectivity index is 1.85. The van der Waals surface area contributed by atoms with E-state index in [1.807, 2.05) is 12.3 Å². The zero-order valence-electron chi connectivity index (χ0n) is 13.3. The highest BCUT2D eigenvalue weighted by Gasteiger charge is 2.22. The summed E-state index contributed by atoms with van der Waals surface area (Å²) in [6.07, 6.45) is 4.08. The number of pyridine rings is 1. The first-order valence-electron chi connectivity index (χ1n) is 8.24. The van der Waals surface area contributed by atoms with Crippen molar-refractivity contribution in [1.82, 2.24) is 15.2 Å². The maximum absolute atomic E-state index is 4.54. The third kappa shape index (κ3) is 3.93. The van der Waals surface area contributed by atoms with E-state index in [9.17, 15) is 0 Å². The molecule has 1 aliphatic heterocycles. The Kier molecular flexibility index (Phi) is 5.20. The molecule has 1 aromatic heterocycles. The Morgan fingerprint density at radius 3 is 2.73 bits per heavy atom. The third-order valence-electron chi connectivity index (χ3n) is 4.41. The van der Waals surface area contributed by atoms with Crippen molar-refractivity contribution in [2.24, 2.45) is 0 Å². The summed E-state index contributed by atoms with van der Waals surface area (Å²) in [5.74, 6) is 0. The fraction of sp³-hybridized carbons (Fsp3) is 0.421. The Morgan fingerprint density at radius 2 is 1.95 bits per heavy atom. The fourth-order valence-electron chi connectivity index (χ4n) is 3.14. The first-order valence-corrected chi connectivity index (χ1v) is 8.24. The lowest BCUT2D eigenvalue weighted by Gasteiger charge is -2.31. The minimum absolute atomic E-state index is 0.412. The SMILES string of the molecule is Cc1ccc(C(Cc2ccccn2)N2CCCNCC2)cc1. The highest BCUT2D eigenvalue weighted by molar-refractivity contribution is 5.25. The number of hydrogen-bond donors (Lipinski definition) is 1. The first-order chi connectivity index (χ1) is 10.8. The summed E-state index contributed by atoms with van der Waals surface area (Å²) in [5, 5.41) is 3.50. The average molecular weight is 295 g/mol. The molecule has 1 saturated heterocycles. The second-order valence-electron chi connectivity index (χ2n) is 6.09. The molecule has 2 aromatic rings. The molecule has 116 valence electrons. The molecule has 22 heavy (non-hydrogen) atoms. The minimum Gasteiger partial charge on any atom is -0.315 e. The van der Waals surface area contributed by atoms with E-state index in [0.717, 1.165) is 32.6 Å². The van der Waals surface area contributed by atoms with Crippen LogP contribution in [0, 0.1) is 6.92 Å². The lowest BCUT2D eigenvalue weighted by molar-refractivity contribution is 0.208. The van der Waals surface area contributed by atoms with Gasteiger partial charge >= 0.3 is 0 Å². The predicted molar refractivity (Wildman–Crippen MR) is 90.9 cm³/mol. The first kappa shape index (κ1) is 15.2. The normalized spacial score (nSPS) is 17.9. The number of nitrogens with one attached hydrogen (secondary N) is 1. The smallest absolute Gasteiger partial charge is 0.0422 e. The van der Waals surface area contributed by atoms with Crippen LogP contribution in [-0.4, -0.2) is 36.1 Å². The zero-order chi connectivity index (χ0) is 15.2. The van der Waals surface area contributed by atoms with Crippen LogP contribution < -0.4 is 5.32 Å². The molecule has 2 heterocycles. The average Bonchev–Trinajstić information content (AvgIpc) is 2.84. The van der Waals surface area contributed by atoms with Gasteiger partial charge in [-0.2, -0.15) is 0 Å².